The van der Waals surface area contributed by atoms with Crippen LogP contribution in [0.2, 0.25) is 0 Å². The number of nitrogens with zero attached hydrogens (tertiary/aromatic N) is 1. The van der Waals surface area contributed by atoms with Gasteiger partial charge in [0, 0.05) is 25.7 Å². The minimum Gasteiger partial charge on any atom is -0.495 e. The van der Waals surface area contributed by atoms with Crippen LogP contribution in [0, 0.1) is 5.92 Å². The Kier molecular flexibility index (Phi) is 5.98. The summed E-state index contributed by atoms with van der Waals surface area (Å²) >= 11 is 0. The summed E-state index contributed by atoms with van der Waals surface area (Å²) in [7, 11) is 1.51. The van der Waals surface area contributed by atoms with Crippen molar-refractivity contribution < 1.29 is 23.5 Å². The summed E-state index contributed by atoms with van der Waals surface area (Å²) < 4.78 is 10.3. The molecule has 1 atom stereocenters. The molecular weight excluding hydrogens is 362 g/mol. The molecular formula is C20H23N3O5. The highest BCUT2D eigenvalue weighted by atomic mass is 16.5. The van der Waals surface area contributed by atoms with E-state index in [9.17, 15) is 14.4 Å². The first-order valence-electron chi connectivity index (χ1n) is 9.06. The summed E-state index contributed by atoms with van der Waals surface area (Å²) in [6.07, 6.45) is 4.29. The molecule has 2 N–H and O–H groups in total. The number of likely N-dealkylation sites (tertiary alicyclic amines) is 1. The van der Waals surface area contributed by atoms with Gasteiger partial charge in [0.05, 0.1) is 30.5 Å². The first-order valence-corrected chi connectivity index (χ1v) is 9.06. The molecule has 0 saturated carbocycles. The highest BCUT2D eigenvalue weighted by Gasteiger charge is 2.29. The van der Waals surface area contributed by atoms with Crippen LogP contribution in [0.4, 0.5) is 11.4 Å². The third-order valence-corrected chi connectivity index (χ3v) is 4.63. The Labute approximate surface area is 162 Å². The zero-order valence-corrected chi connectivity index (χ0v) is 15.9. The highest BCUT2D eigenvalue weighted by Crippen LogP contribution is 2.29. The number of ether oxygens (including phenoxy) is 1. The second kappa shape index (κ2) is 8.60. The standard InChI is InChI=1S/C20H23N3O5/c1-13(24)21-16-5-6-18(27-2)17(10-16)22-19(25)14-4-3-8-23(11-14)20(26)15-7-9-28-12-15/h5-7,9-10,12,14H,3-4,8,11H2,1-2H3,(H,21,24)(H,22,25). The van der Waals surface area contributed by atoms with Crippen LogP contribution in [0.1, 0.15) is 30.1 Å². The Hall–Kier alpha value is -3.29. The monoisotopic (exact) mass is 385 g/mol. The van der Waals surface area contributed by atoms with Crippen molar-refractivity contribution in [2.24, 2.45) is 5.92 Å². The fraction of sp³-hybridized carbons (Fsp3) is 0.350. The number of rotatable bonds is 5. The molecule has 0 bridgehead atoms. The zero-order chi connectivity index (χ0) is 20.1. The minimum atomic E-state index is -0.335. The van der Waals surface area contributed by atoms with Crippen molar-refractivity contribution in [2.75, 3.05) is 30.8 Å². The maximum Gasteiger partial charge on any atom is 0.257 e. The van der Waals surface area contributed by atoms with Gasteiger partial charge in [-0.2, -0.15) is 0 Å². The van der Waals surface area contributed by atoms with Crippen LogP contribution in [-0.4, -0.2) is 42.8 Å². The largest absolute Gasteiger partial charge is 0.495 e. The number of nitrogens with one attached hydrogen (secondary N) is 2. The summed E-state index contributed by atoms with van der Waals surface area (Å²) in [4.78, 5) is 38.3. The summed E-state index contributed by atoms with van der Waals surface area (Å²) in [6.45, 7) is 2.36. The average molecular weight is 385 g/mol. The molecule has 3 rings (SSSR count). The molecule has 3 amide bonds. The maximum atomic E-state index is 12.8. The van der Waals surface area contributed by atoms with Crippen LogP contribution < -0.4 is 15.4 Å². The van der Waals surface area contributed by atoms with E-state index < -0.39 is 0 Å². The number of benzene rings is 1. The zero-order valence-electron chi connectivity index (χ0n) is 15.9. The molecule has 8 heteroatoms. The second-order valence-corrected chi connectivity index (χ2v) is 6.69. The molecule has 0 aliphatic carbocycles. The predicted molar refractivity (Wildman–Crippen MR) is 103 cm³/mol. The van der Waals surface area contributed by atoms with E-state index >= 15 is 0 Å². The molecule has 0 spiro atoms. The van der Waals surface area contributed by atoms with Gasteiger partial charge in [-0.25, -0.2) is 0 Å². The van der Waals surface area contributed by atoms with Crippen molar-refractivity contribution in [3.05, 3.63) is 42.4 Å². The molecule has 1 aliphatic heterocycles. The molecule has 1 fully saturated rings. The lowest BCUT2D eigenvalue weighted by molar-refractivity contribution is -0.121. The maximum absolute atomic E-state index is 12.8. The lowest BCUT2D eigenvalue weighted by Gasteiger charge is -2.32. The number of piperidine rings is 1. The van der Waals surface area contributed by atoms with E-state index in [4.69, 9.17) is 9.15 Å². The van der Waals surface area contributed by atoms with Crippen molar-refractivity contribution >= 4 is 29.1 Å². The number of hydrogen-bond donors (Lipinski definition) is 2. The fourth-order valence-corrected chi connectivity index (χ4v) is 3.27. The van der Waals surface area contributed by atoms with Crippen molar-refractivity contribution in [2.45, 2.75) is 19.8 Å². The number of furan rings is 1. The van der Waals surface area contributed by atoms with Crippen LogP contribution in [-0.2, 0) is 9.59 Å². The fourth-order valence-electron chi connectivity index (χ4n) is 3.27. The molecule has 1 aromatic carbocycles. The molecule has 1 unspecified atom stereocenters. The van der Waals surface area contributed by atoms with Gasteiger partial charge in [0.2, 0.25) is 11.8 Å². The van der Waals surface area contributed by atoms with Crippen molar-refractivity contribution in [3.8, 4) is 5.75 Å². The third kappa shape index (κ3) is 4.51. The van der Waals surface area contributed by atoms with Gasteiger partial charge < -0.3 is 24.7 Å². The number of amides is 3. The Bertz CT molecular complexity index is 863. The Morgan fingerprint density at radius 3 is 2.71 bits per heavy atom. The van der Waals surface area contributed by atoms with Crippen LogP contribution in [0.5, 0.6) is 5.75 Å². The van der Waals surface area contributed by atoms with E-state index in [1.54, 1.807) is 29.2 Å². The highest BCUT2D eigenvalue weighted by molar-refractivity contribution is 5.97. The van der Waals surface area contributed by atoms with Crippen LogP contribution in [0.3, 0.4) is 0 Å². The number of anilines is 2. The average Bonchev–Trinajstić information content (AvgIpc) is 3.22. The number of hydrogen-bond acceptors (Lipinski definition) is 5. The third-order valence-electron chi connectivity index (χ3n) is 4.63. The quantitative estimate of drug-likeness (QED) is 0.824. The van der Waals surface area contributed by atoms with Crippen molar-refractivity contribution in [1.82, 2.24) is 4.90 Å². The minimum absolute atomic E-state index is 0.142. The summed E-state index contributed by atoms with van der Waals surface area (Å²) in [6, 6.07) is 6.64. The topological polar surface area (TPSA) is 101 Å². The van der Waals surface area contributed by atoms with Crippen LogP contribution >= 0.6 is 0 Å². The lowest BCUT2D eigenvalue weighted by atomic mass is 9.96. The normalized spacial score (nSPS) is 16.4. The van der Waals surface area contributed by atoms with Crippen LogP contribution in [0.25, 0.3) is 0 Å². The molecule has 148 valence electrons. The van der Waals surface area contributed by atoms with Gasteiger partial charge in [-0.3, -0.25) is 14.4 Å². The molecule has 2 aromatic rings. The van der Waals surface area contributed by atoms with Crippen LogP contribution in [0.15, 0.2) is 41.2 Å². The van der Waals surface area contributed by atoms with Gasteiger partial charge in [-0.1, -0.05) is 0 Å². The van der Waals surface area contributed by atoms with Gasteiger partial charge in [0.1, 0.15) is 12.0 Å². The number of carbonyl (C=O) groups excluding carboxylic acids is 3. The second-order valence-electron chi connectivity index (χ2n) is 6.69. The summed E-state index contributed by atoms with van der Waals surface area (Å²) in [5, 5.41) is 5.55. The molecule has 8 nitrogen and oxygen atoms in total. The molecule has 0 radical (unpaired) electrons. The predicted octanol–water partition coefficient (Wildman–Crippen LogP) is 2.74. The van der Waals surface area contributed by atoms with E-state index in [0.29, 0.717) is 42.2 Å². The first kappa shape index (κ1) is 19.5. The molecule has 1 saturated heterocycles. The summed E-state index contributed by atoms with van der Waals surface area (Å²) in [5.74, 6) is -0.383. The Balaban J connectivity index is 1.70. The van der Waals surface area contributed by atoms with E-state index in [-0.39, 0.29) is 23.6 Å². The number of methoxy groups -OCH3 is 1. The van der Waals surface area contributed by atoms with Gasteiger partial charge in [-0.15, -0.1) is 0 Å². The van der Waals surface area contributed by atoms with E-state index in [1.165, 1.54) is 26.6 Å². The van der Waals surface area contributed by atoms with E-state index in [0.717, 1.165) is 6.42 Å². The Morgan fingerprint density at radius 2 is 2.04 bits per heavy atom. The number of carbonyl (C=O) groups is 3. The molecule has 1 aromatic heterocycles. The summed E-state index contributed by atoms with van der Waals surface area (Å²) in [5.41, 5.74) is 1.51. The molecule has 28 heavy (non-hydrogen) atoms. The molecule has 2 heterocycles. The first-order chi connectivity index (χ1) is 13.5. The Morgan fingerprint density at radius 1 is 1.21 bits per heavy atom. The SMILES string of the molecule is COc1ccc(NC(C)=O)cc1NC(=O)C1CCCN(C(=O)c2ccoc2)C1. The van der Waals surface area contributed by atoms with Gasteiger partial charge in [-0.05, 0) is 37.1 Å². The van der Waals surface area contributed by atoms with Crippen molar-refractivity contribution in [1.29, 1.82) is 0 Å². The van der Waals surface area contributed by atoms with Gasteiger partial charge in [0.25, 0.3) is 5.91 Å². The van der Waals surface area contributed by atoms with Crippen molar-refractivity contribution in [3.63, 3.8) is 0 Å². The lowest BCUT2D eigenvalue weighted by Crippen LogP contribution is -2.43. The smallest absolute Gasteiger partial charge is 0.257 e. The van der Waals surface area contributed by atoms with Gasteiger partial charge >= 0.3 is 0 Å². The van der Waals surface area contributed by atoms with E-state index in [1.807, 2.05) is 0 Å². The van der Waals surface area contributed by atoms with E-state index in [2.05, 4.69) is 10.6 Å². The molecule has 1 aliphatic rings. The van der Waals surface area contributed by atoms with Gasteiger partial charge in [0.15, 0.2) is 0 Å².